The molecule has 4 heteroatoms. The third kappa shape index (κ3) is 4.21. The zero-order valence-corrected chi connectivity index (χ0v) is 13.1. The molecule has 2 N–H and O–H groups in total. The molecule has 1 aromatic rings. The lowest BCUT2D eigenvalue weighted by molar-refractivity contribution is 0.0957. The first-order chi connectivity index (χ1) is 10.3. The van der Waals surface area contributed by atoms with Gasteiger partial charge in [-0.25, -0.2) is 0 Å². The van der Waals surface area contributed by atoms with Crippen LogP contribution in [0.1, 0.15) is 61.5 Å². The second-order valence-corrected chi connectivity index (χ2v) is 5.51. The number of carbonyl (C=O) groups excluding carboxylic acids is 1. The molecule has 1 amide bonds. The van der Waals surface area contributed by atoms with Gasteiger partial charge in [-0.1, -0.05) is 32.8 Å². The lowest BCUT2D eigenvalue weighted by Gasteiger charge is -2.20. The zero-order chi connectivity index (χ0) is 15.1. The van der Waals surface area contributed by atoms with Gasteiger partial charge in [0.25, 0.3) is 5.91 Å². The molecule has 0 bridgehead atoms. The summed E-state index contributed by atoms with van der Waals surface area (Å²) in [5.41, 5.74) is 1.83. The maximum absolute atomic E-state index is 12.1. The number of unbranched alkanes of at least 4 members (excludes halogenated alkanes) is 1. The first-order valence-electron chi connectivity index (χ1n) is 8.04. The monoisotopic (exact) mass is 290 g/mol. The summed E-state index contributed by atoms with van der Waals surface area (Å²) in [6, 6.07) is 6.31. The van der Waals surface area contributed by atoms with E-state index in [1.54, 1.807) is 0 Å². The van der Waals surface area contributed by atoms with E-state index in [9.17, 15) is 4.79 Å². The van der Waals surface area contributed by atoms with Crippen molar-refractivity contribution in [3.63, 3.8) is 0 Å². The van der Waals surface area contributed by atoms with Gasteiger partial charge in [-0.2, -0.15) is 0 Å². The van der Waals surface area contributed by atoms with E-state index in [2.05, 4.69) is 30.5 Å². The van der Waals surface area contributed by atoms with Crippen LogP contribution in [0.5, 0.6) is 5.75 Å². The van der Waals surface area contributed by atoms with Crippen LogP contribution in [0.4, 0.5) is 0 Å². The summed E-state index contributed by atoms with van der Waals surface area (Å²) in [5, 5.41) is 6.45. The maximum atomic E-state index is 12.1. The van der Waals surface area contributed by atoms with Crippen LogP contribution in [0.15, 0.2) is 18.2 Å². The van der Waals surface area contributed by atoms with Crippen LogP contribution in [-0.2, 0) is 0 Å². The molecule has 1 aliphatic rings. The SMILES string of the molecule is CCCCC(NCCC)c1ccc2c(c1)C(=O)NCCO2. The van der Waals surface area contributed by atoms with E-state index < -0.39 is 0 Å². The van der Waals surface area contributed by atoms with Crippen molar-refractivity contribution in [3.05, 3.63) is 29.3 Å². The minimum absolute atomic E-state index is 0.0333. The number of nitrogens with one attached hydrogen (secondary N) is 2. The molecule has 0 spiro atoms. The average molecular weight is 290 g/mol. The molecule has 0 radical (unpaired) electrons. The zero-order valence-electron chi connectivity index (χ0n) is 13.1. The summed E-state index contributed by atoms with van der Waals surface area (Å²) in [7, 11) is 0. The van der Waals surface area contributed by atoms with E-state index in [-0.39, 0.29) is 5.91 Å². The van der Waals surface area contributed by atoms with Gasteiger partial charge in [0.2, 0.25) is 0 Å². The van der Waals surface area contributed by atoms with Gasteiger partial charge in [0.05, 0.1) is 12.1 Å². The highest BCUT2D eigenvalue weighted by Gasteiger charge is 2.19. The van der Waals surface area contributed by atoms with Crippen LogP contribution >= 0.6 is 0 Å². The first kappa shape index (κ1) is 15.8. The number of ether oxygens (including phenoxy) is 1. The van der Waals surface area contributed by atoms with E-state index in [0.29, 0.717) is 30.5 Å². The summed E-state index contributed by atoms with van der Waals surface area (Å²) in [5.74, 6) is 0.660. The minimum atomic E-state index is -0.0333. The summed E-state index contributed by atoms with van der Waals surface area (Å²) < 4.78 is 5.61. The second-order valence-electron chi connectivity index (χ2n) is 5.51. The van der Waals surface area contributed by atoms with Crippen molar-refractivity contribution in [2.24, 2.45) is 0 Å². The maximum Gasteiger partial charge on any atom is 0.255 e. The summed E-state index contributed by atoms with van der Waals surface area (Å²) in [4.78, 5) is 12.1. The standard InChI is InChI=1S/C17H26N2O2/c1-3-5-6-15(18-9-4-2)13-7-8-16-14(12-13)17(20)19-10-11-21-16/h7-8,12,15,18H,3-6,9-11H2,1-2H3,(H,19,20). The molecule has 1 aromatic carbocycles. The van der Waals surface area contributed by atoms with Crippen LogP contribution in [0, 0.1) is 0 Å². The van der Waals surface area contributed by atoms with Crippen LogP contribution in [0.3, 0.4) is 0 Å². The van der Waals surface area contributed by atoms with Crippen molar-refractivity contribution in [3.8, 4) is 5.75 Å². The molecule has 1 heterocycles. The van der Waals surface area contributed by atoms with Gasteiger partial charge in [-0.3, -0.25) is 4.79 Å². The highest BCUT2D eigenvalue weighted by atomic mass is 16.5. The molecule has 4 nitrogen and oxygen atoms in total. The first-order valence-corrected chi connectivity index (χ1v) is 8.04. The molecule has 116 valence electrons. The van der Waals surface area contributed by atoms with Crippen molar-refractivity contribution in [2.45, 2.75) is 45.6 Å². The van der Waals surface area contributed by atoms with Gasteiger partial charge < -0.3 is 15.4 Å². The van der Waals surface area contributed by atoms with Crippen LogP contribution in [0.25, 0.3) is 0 Å². The number of carbonyl (C=O) groups is 1. The smallest absolute Gasteiger partial charge is 0.255 e. The van der Waals surface area contributed by atoms with E-state index in [1.165, 1.54) is 18.4 Å². The Morgan fingerprint density at radius 1 is 1.33 bits per heavy atom. The lowest BCUT2D eigenvalue weighted by atomic mass is 9.98. The molecule has 1 aliphatic heterocycles. The van der Waals surface area contributed by atoms with Crippen LogP contribution in [-0.4, -0.2) is 25.6 Å². The van der Waals surface area contributed by atoms with Gasteiger partial charge >= 0.3 is 0 Å². The van der Waals surface area contributed by atoms with Crippen LogP contribution < -0.4 is 15.4 Å². The quantitative estimate of drug-likeness (QED) is 0.811. The Kier molecular flexibility index (Phi) is 6.05. The lowest BCUT2D eigenvalue weighted by Crippen LogP contribution is -2.25. The molecular weight excluding hydrogens is 264 g/mol. The number of hydrogen-bond acceptors (Lipinski definition) is 3. The van der Waals surface area contributed by atoms with E-state index in [0.717, 1.165) is 19.4 Å². The largest absolute Gasteiger partial charge is 0.491 e. The summed E-state index contributed by atoms with van der Waals surface area (Å²) in [6.07, 6.45) is 4.56. The normalized spacial score (nSPS) is 15.6. The molecule has 0 aromatic heterocycles. The van der Waals surface area contributed by atoms with Gasteiger partial charge in [-0.15, -0.1) is 0 Å². The highest BCUT2D eigenvalue weighted by molar-refractivity contribution is 5.97. The topological polar surface area (TPSA) is 50.4 Å². The number of fused-ring (bicyclic) bond motifs is 1. The summed E-state index contributed by atoms with van der Waals surface area (Å²) >= 11 is 0. The number of rotatable bonds is 7. The van der Waals surface area contributed by atoms with Crippen LogP contribution in [0.2, 0.25) is 0 Å². The predicted octanol–water partition coefficient (Wildman–Crippen LogP) is 3.04. The fourth-order valence-corrected chi connectivity index (χ4v) is 2.60. The molecule has 21 heavy (non-hydrogen) atoms. The Morgan fingerprint density at radius 2 is 2.19 bits per heavy atom. The Hall–Kier alpha value is -1.55. The molecule has 0 saturated carbocycles. The van der Waals surface area contributed by atoms with Crippen molar-refractivity contribution in [2.75, 3.05) is 19.7 Å². The van der Waals surface area contributed by atoms with Crippen molar-refractivity contribution < 1.29 is 9.53 Å². The van der Waals surface area contributed by atoms with Crippen molar-refractivity contribution in [1.82, 2.24) is 10.6 Å². The summed E-state index contributed by atoms with van der Waals surface area (Å²) in [6.45, 7) is 6.47. The molecule has 0 aliphatic carbocycles. The fraction of sp³-hybridized carbons (Fsp3) is 0.588. The Morgan fingerprint density at radius 3 is 2.95 bits per heavy atom. The molecule has 0 saturated heterocycles. The van der Waals surface area contributed by atoms with Gasteiger partial charge in [0.1, 0.15) is 12.4 Å². The molecule has 0 fully saturated rings. The molecule has 1 unspecified atom stereocenters. The fourth-order valence-electron chi connectivity index (χ4n) is 2.60. The second kappa shape index (κ2) is 8.03. The third-order valence-electron chi connectivity index (χ3n) is 3.78. The van der Waals surface area contributed by atoms with Gasteiger partial charge in [0, 0.05) is 6.04 Å². The Bertz CT molecular complexity index is 466. The van der Waals surface area contributed by atoms with E-state index >= 15 is 0 Å². The molecule has 1 atom stereocenters. The average Bonchev–Trinajstić information content (AvgIpc) is 2.69. The number of hydrogen-bond donors (Lipinski definition) is 2. The molecular formula is C17H26N2O2. The minimum Gasteiger partial charge on any atom is -0.491 e. The number of benzene rings is 1. The highest BCUT2D eigenvalue weighted by Crippen LogP contribution is 2.27. The van der Waals surface area contributed by atoms with Crippen molar-refractivity contribution >= 4 is 5.91 Å². The van der Waals surface area contributed by atoms with E-state index in [4.69, 9.17) is 4.74 Å². The van der Waals surface area contributed by atoms with E-state index in [1.807, 2.05) is 12.1 Å². The predicted molar refractivity (Wildman–Crippen MR) is 84.8 cm³/mol. The van der Waals surface area contributed by atoms with Gasteiger partial charge in [0.15, 0.2) is 0 Å². The molecule has 2 rings (SSSR count). The van der Waals surface area contributed by atoms with Crippen molar-refractivity contribution in [1.29, 1.82) is 0 Å². The Balaban J connectivity index is 2.22. The number of amides is 1. The Labute approximate surface area is 127 Å². The van der Waals surface area contributed by atoms with Gasteiger partial charge in [-0.05, 0) is 37.1 Å². The third-order valence-corrected chi connectivity index (χ3v) is 3.78.